The highest BCUT2D eigenvalue weighted by atomic mass is 32.2. The summed E-state index contributed by atoms with van der Waals surface area (Å²) in [5, 5.41) is 2.01. The number of sulfonamides is 1. The fraction of sp³-hybridized carbons (Fsp3) is 0.333. The van der Waals surface area contributed by atoms with E-state index in [9.17, 15) is 8.42 Å². The standard InChI is InChI=1S/C15H17NO2S2/c1-12-6-2-3-9-15(12)20(17,18)16-10-4-7-13(16)14-8-5-11-19-14/h2-3,5-6,8-9,11,13H,4,7,10H2,1H3/t13-/m0/s1. The fourth-order valence-corrected chi connectivity index (χ4v) is 5.61. The zero-order chi connectivity index (χ0) is 14.2. The van der Waals surface area contributed by atoms with Gasteiger partial charge in [-0.15, -0.1) is 11.3 Å². The summed E-state index contributed by atoms with van der Waals surface area (Å²) in [5.74, 6) is 0. The van der Waals surface area contributed by atoms with Gasteiger partial charge in [-0.3, -0.25) is 0 Å². The lowest BCUT2D eigenvalue weighted by Gasteiger charge is -2.24. The Hall–Kier alpha value is -1.17. The summed E-state index contributed by atoms with van der Waals surface area (Å²) in [6, 6.07) is 11.2. The smallest absolute Gasteiger partial charge is 0.207 e. The Morgan fingerprint density at radius 3 is 2.70 bits per heavy atom. The molecule has 0 spiro atoms. The van der Waals surface area contributed by atoms with Crippen LogP contribution in [0.15, 0.2) is 46.7 Å². The third-order valence-electron chi connectivity index (χ3n) is 3.76. The molecule has 106 valence electrons. The average molecular weight is 307 g/mol. The predicted octanol–water partition coefficient (Wildman–Crippen LogP) is 3.58. The molecule has 1 saturated heterocycles. The van der Waals surface area contributed by atoms with E-state index in [2.05, 4.69) is 0 Å². The third-order valence-corrected chi connectivity index (χ3v) is 6.80. The molecule has 0 bridgehead atoms. The van der Waals surface area contributed by atoms with Gasteiger partial charge in [0.2, 0.25) is 10.0 Å². The van der Waals surface area contributed by atoms with Gasteiger partial charge >= 0.3 is 0 Å². The molecular weight excluding hydrogens is 290 g/mol. The first-order valence-corrected chi connectivity index (χ1v) is 9.03. The number of nitrogens with zero attached hydrogens (tertiary/aromatic N) is 1. The van der Waals surface area contributed by atoms with E-state index in [0.29, 0.717) is 11.4 Å². The fourth-order valence-electron chi connectivity index (χ4n) is 2.77. The van der Waals surface area contributed by atoms with Crippen LogP contribution >= 0.6 is 11.3 Å². The summed E-state index contributed by atoms with van der Waals surface area (Å²) in [6.07, 6.45) is 1.83. The van der Waals surface area contributed by atoms with Gasteiger partial charge in [-0.2, -0.15) is 4.31 Å². The zero-order valence-corrected chi connectivity index (χ0v) is 13.0. The molecule has 20 heavy (non-hydrogen) atoms. The highest BCUT2D eigenvalue weighted by Crippen LogP contribution is 2.38. The number of rotatable bonds is 3. The second kappa shape index (κ2) is 5.31. The van der Waals surface area contributed by atoms with Gasteiger partial charge in [0.15, 0.2) is 0 Å². The van der Waals surface area contributed by atoms with Crippen LogP contribution in [0.2, 0.25) is 0 Å². The average Bonchev–Trinajstić information content (AvgIpc) is 3.10. The van der Waals surface area contributed by atoms with Crippen molar-refractivity contribution in [2.24, 2.45) is 0 Å². The number of benzene rings is 1. The van der Waals surface area contributed by atoms with Crippen molar-refractivity contribution >= 4 is 21.4 Å². The van der Waals surface area contributed by atoms with Crippen molar-refractivity contribution in [2.45, 2.75) is 30.7 Å². The first-order valence-electron chi connectivity index (χ1n) is 6.71. The van der Waals surface area contributed by atoms with Crippen molar-refractivity contribution in [1.29, 1.82) is 0 Å². The minimum atomic E-state index is -3.40. The molecule has 0 N–H and O–H groups in total. The van der Waals surface area contributed by atoms with Crippen LogP contribution in [0.25, 0.3) is 0 Å². The second-order valence-electron chi connectivity index (χ2n) is 5.05. The largest absolute Gasteiger partial charge is 0.243 e. The highest BCUT2D eigenvalue weighted by molar-refractivity contribution is 7.89. The van der Waals surface area contributed by atoms with Gasteiger partial charge in [-0.05, 0) is 42.8 Å². The molecule has 0 saturated carbocycles. The van der Waals surface area contributed by atoms with E-state index in [0.717, 1.165) is 23.3 Å². The van der Waals surface area contributed by atoms with Crippen LogP contribution in [0.4, 0.5) is 0 Å². The topological polar surface area (TPSA) is 37.4 Å². The molecule has 0 unspecified atom stereocenters. The van der Waals surface area contributed by atoms with E-state index < -0.39 is 10.0 Å². The van der Waals surface area contributed by atoms with E-state index in [1.165, 1.54) is 0 Å². The molecule has 1 aromatic carbocycles. The Morgan fingerprint density at radius 2 is 2.00 bits per heavy atom. The van der Waals surface area contributed by atoms with Crippen LogP contribution in [-0.4, -0.2) is 19.3 Å². The minimum Gasteiger partial charge on any atom is -0.207 e. The van der Waals surface area contributed by atoms with Crippen molar-refractivity contribution in [3.63, 3.8) is 0 Å². The SMILES string of the molecule is Cc1ccccc1S(=O)(=O)N1CCC[C@H]1c1cccs1. The summed E-state index contributed by atoms with van der Waals surface area (Å²) in [6.45, 7) is 2.46. The van der Waals surface area contributed by atoms with E-state index in [-0.39, 0.29) is 6.04 Å². The molecule has 3 nitrogen and oxygen atoms in total. The Labute approximate surface area is 123 Å². The normalized spacial score (nSPS) is 20.4. The molecule has 1 aliphatic rings. The molecule has 0 radical (unpaired) electrons. The first kappa shape index (κ1) is 13.8. The quantitative estimate of drug-likeness (QED) is 0.869. The van der Waals surface area contributed by atoms with Crippen LogP contribution in [0, 0.1) is 6.92 Å². The maximum Gasteiger partial charge on any atom is 0.243 e. The molecule has 1 aromatic heterocycles. The number of hydrogen-bond donors (Lipinski definition) is 0. The number of aryl methyl sites for hydroxylation is 1. The summed E-state index contributed by atoms with van der Waals surface area (Å²) in [4.78, 5) is 1.57. The summed E-state index contributed by atoms with van der Waals surface area (Å²) in [7, 11) is -3.40. The Morgan fingerprint density at radius 1 is 1.20 bits per heavy atom. The minimum absolute atomic E-state index is 0.000365. The van der Waals surface area contributed by atoms with Crippen LogP contribution in [0.5, 0.6) is 0 Å². The lowest BCUT2D eigenvalue weighted by molar-refractivity contribution is 0.400. The monoisotopic (exact) mass is 307 g/mol. The second-order valence-corrected chi connectivity index (χ2v) is 7.89. The van der Waals surface area contributed by atoms with E-state index in [1.807, 2.05) is 36.6 Å². The molecule has 0 aliphatic carbocycles. The van der Waals surface area contributed by atoms with E-state index >= 15 is 0 Å². The molecule has 1 fully saturated rings. The summed E-state index contributed by atoms with van der Waals surface area (Å²) < 4.78 is 27.5. The summed E-state index contributed by atoms with van der Waals surface area (Å²) >= 11 is 1.63. The number of hydrogen-bond acceptors (Lipinski definition) is 3. The molecule has 0 amide bonds. The molecular formula is C15H17NO2S2. The molecule has 1 aliphatic heterocycles. The molecule has 2 aromatic rings. The van der Waals surface area contributed by atoms with Crippen LogP contribution < -0.4 is 0 Å². The highest BCUT2D eigenvalue weighted by Gasteiger charge is 2.37. The van der Waals surface area contributed by atoms with E-state index in [4.69, 9.17) is 0 Å². The maximum atomic E-state index is 12.9. The van der Waals surface area contributed by atoms with Crippen molar-refractivity contribution in [3.8, 4) is 0 Å². The van der Waals surface area contributed by atoms with Crippen LogP contribution in [0.3, 0.4) is 0 Å². The van der Waals surface area contributed by atoms with Crippen LogP contribution in [0.1, 0.15) is 29.3 Å². The number of thiophene rings is 1. The van der Waals surface area contributed by atoms with Gasteiger partial charge in [0.05, 0.1) is 10.9 Å². The van der Waals surface area contributed by atoms with Gasteiger partial charge in [0, 0.05) is 11.4 Å². The molecule has 2 heterocycles. The van der Waals surface area contributed by atoms with E-state index in [1.54, 1.807) is 27.8 Å². The van der Waals surface area contributed by atoms with Gasteiger partial charge in [0.25, 0.3) is 0 Å². The van der Waals surface area contributed by atoms with Gasteiger partial charge in [-0.25, -0.2) is 8.42 Å². The van der Waals surface area contributed by atoms with Crippen molar-refractivity contribution < 1.29 is 8.42 Å². The zero-order valence-electron chi connectivity index (χ0n) is 11.3. The predicted molar refractivity (Wildman–Crippen MR) is 81.4 cm³/mol. The van der Waals surface area contributed by atoms with Gasteiger partial charge in [0.1, 0.15) is 0 Å². The maximum absolute atomic E-state index is 12.9. The third kappa shape index (κ3) is 2.30. The summed E-state index contributed by atoms with van der Waals surface area (Å²) in [5.41, 5.74) is 0.810. The van der Waals surface area contributed by atoms with Gasteiger partial charge in [-0.1, -0.05) is 24.3 Å². The van der Waals surface area contributed by atoms with Crippen molar-refractivity contribution in [3.05, 3.63) is 52.2 Å². The first-order chi connectivity index (χ1) is 9.60. The molecule has 5 heteroatoms. The van der Waals surface area contributed by atoms with Crippen molar-refractivity contribution in [2.75, 3.05) is 6.54 Å². The van der Waals surface area contributed by atoms with Crippen LogP contribution in [-0.2, 0) is 10.0 Å². The van der Waals surface area contributed by atoms with Crippen molar-refractivity contribution in [1.82, 2.24) is 4.31 Å². The Bertz CT molecular complexity index is 692. The molecule has 1 atom stereocenters. The Kier molecular flexibility index (Phi) is 3.67. The lowest BCUT2D eigenvalue weighted by Crippen LogP contribution is -2.30. The lowest BCUT2D eigenvalue weighted by atomic mass is 10.2. The van der Waals surface area contributed by atoms with Gasteiger partial charge < -0.3 is 0 Å². The molecule has 3 rings (SSSR count). The Balaban J connectivity index is 2.01.